The monoisotopic (exact) mass is 240 g/mol. The predicted molar refractivity (Wildman–Crippen MR) is 71.0 cm³/mol. The third kappa shape index (κ3) is 3.43. The Morgan fingerprint density at radius 2 is 1.71 bits per heavy atom. The van der Waals surface area contributed by atoms with Crippen molar-refractivity contribution in [2.45, 2.75) is 64.2 Å². The van der Waals surface area contributed by atoms with Crippen molar-refractivity contribution < 1.29 is 4.74 Å². The molecule has 0 aromatic carbocycles. The summed E-state index contributed by atoms with van der Waals surface area (Å²) in [5, 5.41) is 0. The molecule has 2 N–H and O–H groups in total. The van der Waals surface area contributed by atoms with Crippen molar-refractivity contribution in [1.82, 2.24) is 4.90 Å². The van der Waals surface area contributed by atoms with E-state index in [2.05, 4.69) is 18.7 Å². The lowest BCUT2D eigenvalue weighted by Gasteiger charge is -2.43. The molecule has 1 saturated carbocycles. The van der Waals surface area contributed by atoms with E-state index in [4.69, 9.17) is 10.5 Å². The molecule has 3 atom stereocenters. The fourth-order valence-corrected chi connectivity index (χ4v) is 3.65. The van der Waals surface area contributed by atoms with Crippen molar-refractivity contribution in [2.75, 3.05) is 19.6 Å². The second-order valence-corrected chi connectivity index (χ2v) is 5.91. The number of morpholine rings is 1. The highest BCUT2D eigenvalue weighted by Gasteiger charge is 2.32. The number of hydrogen-bond donors (Lipinski definition) is 1. The molecule has 2 rings (SSSR count). The quantitative estimate of drug-likeness (QED) is 0.820. The lowest BCUT2D eigenvalue weighted by molar-refractivity contribution is -0.0875. The van der Waals surface area contributed by atoms with Crippen LogP contribution in [0.15, 0.2) is 0 Å². The highest BCUT2D eigenvalue weighted by Crippen LogP contribution is 2.30. The third-order valence-electron chi connectivity index (χ3n) is 4.35. The second kappa shape index (κ2) is 6.17. The first-order valence-corrected chi connectivity index (χ1v) is 7.30. The van der Waals surface area contributed by atoms with Crippen LogP contribution in [0.25, 0.3) is 0 Å². The van der Waals surface area contributed by atoms with Crippen LogP contribution in [0.2, 0.25) is 0 Å². The molecule has 1 unspecified atom stereocenters. The first-order chi connectivity index (χ1) is 8.20. The van der Waals surface area contributed by atoms with Crippen molar-refractivity contribution >= 4 is 0 Å². The zero-order valence-electron chi connectivity index (χ0n) is 11.4. The fraction of sp³-hybridized carbons (Fsp3) is 1.00. The van der Waals surface area contributed by atoms with Gasteiger partial charge in [0, 0.05) is 25.7 Å². The van der Waals surface area contributed by atoms with Crippen molar-refractivity contribution in [3.63, 3.8) is 0 Å². The van der Waals surface area contributed by atoms with Gasteiger partial charge in [0.1, 0.15) is 0 Å². The SMILES string of the molecule is C[C@@H]1CN(C(CN)C2CCCCC2)C[C@H](C)O1. The molecule has 1 saturated heterocycles. The maximum atomic E-state index is 6.04. The largest absolute Gasteiger partial charge is 0.373 e. The molecule has 2 fully saturated rings. The summed E-state index contributed by atoms with van der Waals surface area (Å²) in [5.41, 5.74) is 6.04. The molecule has 1 aliphatic carbocycles. The van der Waals surface area contributed by atoms with Crippen LogP contribution in [0.3, 0.4) is 0 Å². The van der Waals surface area contributed by atoms with E-state index in [0.717, 1.165) is 25.6 Å². The van der Waals surface area contributed by atoms with Crippen LogP contribution >= 0.6 is 0 Å². The topological polar surface area (TPSA) is 38.5 Å². The van der Waals surface area contributed by atoms with Crippen molar-refractivity contribution in [3.8, 4) is 0 Å². The van der Waals surface area contributed by atoms with Gasteiger partial charge < -0.3 is 10.5 Å². The highest BCUT2D eigenvalue weighted by atomic mass is 16.5. The van der Waals surface area contributed by atoms with Crippen LogP contribution in [0.5, 0.6) is 0 Å². The summed E-state index contributed by atoms with van der Waals surface area (Å²) >= 11 is 0. The molecule has 100 valence electrons. The molecule has 1 aliphatic heterocycles. The number of nitrogens with two attached hydrogens (primary N) is 1. The Kier molecular flexibility index (Phi) is 4.83. The summed E-state index contributed by atoms with van der Waals surface area (Å²) in [4.78, 5) is 2.59. The van der Waals surface area contributed by atoms with E-state index in [-0.39, 0.29) is 0 Å². The molecule has 0 aromatic heterocycles. The smallest absolute Gasteiger partial charge is 0.0678 e. The average molecular weight is 240 g/mol. The van der Waals surface area contributed by atoms with Crippen molar-refractivity contribution in [2.24, 2.45) is 11.7 Å². The molecule has 3 heteroatoms. The van der Waals surface area contributed by atoms with Gasteiger partial charge in [0.05, 0.1) is 12.2 Å². The van der Waals surface area contributed by atoms with E-state index in [1.54, 1.807) is 0 Å². The third-order valence-corrected chi connectivity index (χ3v) is 4.35. The van der Waals surface area contributed by atoms with Gasteiger partial charge in [-0.25, -0.2) is 0 Å². The van der Waals surface area contributed by atoms with Crippen molar-refractivity contribution in [3.05, 3.63) is 0 Å². The van der Waals surface area contributed by atoms with Gasteiger partial charge in [0.15, 0.2) is 0 Å². The summed E-state index contributed by atoms with van der Waals surface area (Å²) in [6, 6.07) is 0.587. The first kappa shape index (κ1) is 13.3. The van der Waals surface area contributed by atoms with E-state index in [0.29, 0.717) is 18.2 Å². The molecule has 0 radical (unpaired) electrons. The maximum Gasteiger partial charge on any atom is 0.0678 e. The van der Waals surface area contributed by atoms with Gasteiger partial charge in [0.25, 0.3) is 0 Å². The molecule has 0 bridgehead atoms. The van der Waals surface area contributed by atoms with Crippen LogP contribution in [0.1, 0.15) is 46.0 Å². The molecular formula is C14H28N2O. The molecule has 0 amide bonds. The number of rotatable bonds is 3. The Hall–Kier alpha value is -0.120. The second-order valence-electron chi connectivity index (χ2n) is 5.91. The maximum absolute atomic E-state index is 6.04. The van der Waals surface area contributed by atoms with Gasteiger partial charge in [-0.1, -0.05) is 19.3 Å². The minimum atomic E-state index is 0.358. The normalized spacial score (nSPS) is 34.8. The van der Waals surface area contributed by atoms with Crippen LogP contribution < -0.4 is 5.73 Å². The number of hydrogen-bond acceptors (Lipinski definition) is 3. The van der Waals surface area contributed by atoms with Crippen LogP contribution in [-0.4, -0.2) is 42.8 Å². The van der Waals surface area contributed by atoms with Crippen molar-refractivity contribution in [1.29, 1.82) is 0 Å². The Balaban J connectivity index is 1.96. The standard InChI is InChI=1S/C14H28N2O/c1-11-9-16(10-12(2)17-11)14(8-15)13-6-4-3-5-7-13/h11-14H,3-10,15H2,1-2H3/t11-,12+,14?. The Morgan fingerprint density at radius 3 is 2.24 bits per heavy atom. The van der Waals surface area contributed by atoms with Crippen LogP contribution in [0, 0.1) is 5.92 Å². The predicted octanol–water partition coefficient (Wildman–Crippen LogP) is 2.00. The zero-order chi connectivity index (χ0) is 12.3. The summed E-state index contributed by atoms with van der Waals surface area (Å²) in [6.45, 7) is 7.28. The minimum Gasteiger partial charge on any atom is -0.373 e. The van der Waals surface area contributed by atoms with Gasteiger partial charge >= 0.3 is 0 Å². The summed E-state index contributed by atoms with van der Waals surface area (Å²) in [5.74, 6) is 0.825. The fourth-order valence-electron chi connectivity index (χ4n) is 3.65. The van der Waals surface area contributed by atoms with Crippen LogP contribution in [-0.2, 0) is 4.74 Å². The Bertz CT molecular complexity index is 218. The number of nitrogens with zero attached hydrogens (tertiary/aromatic N) is 1. The molecule has 3 nitrogen and oxygen atoms in total. The molecule has 0 spiro atoms. The van der Waals surface area contributed by atoms with Gasteiger partial charge in [-0.3, -0.25) is 4.90 Å². The van der Waals surface area contributed by atoms with E-state index in [1.165, 1.54) is 32.1 Å². The van der Waals surface area contributed by atoms with Gasteiger partial charge in [0.2, 0.25) is 0 Å². The summed E-state index contributed by atoms with van der Waals surface area (Å²) in [6.07, 6.45) is 7.69. The van der Waals surface area contributed by atoms with E-state index in [1.807, 2.05) is 0 Å². The Labute approximate surface area is 106 Å². The first-order valence-electron chi connectivity index (χ1n) is 7.30. The minimum absolute atomic E-state index is 0.358. The lowest BCUT2D eigenvalue weighted by atomic mass is 9.83. The summed E-state index contributed by atoms with van der Waals surface area (Å²) in [7, 11) is 0. The van der Waals surface area contributed by atoms with E-state index >= 15 is 0 Å². The Morgan fingerprint density at radius 1 is 1.12 bits per heavy atom. The summed E-state index contributed by atoms with van der Waals surface area (Å²) < 4.78 is 5.82. The van der Waals surface area contributed by atoms with Gasteiger partial charge in [-0.2, -0.15) is 0 Å². The van der Waals surface area contributed by atoms with Gasteiger partial charge in [-0.05, 0) is 32.6 Å². The van der Waals surface area contributed by atoms with Crippen LogP contribution in [0.4, 0.5) is 0 Å². The van der Waals surface area contributed by atoms with E-state index < -0.39 is 0 Å². The lowest BCUT2D eigenvalue weighted by Crippen LogP contribution is -2.55. The zero-order valence-corrected chi connectivity index (χ0v) is 11.4. The molecular weight excluding hydrogens is 212 g/mol. The molecule has 1 heterocycles. The molecule has 0 aromatic rings. The average Bonchev–Trinajstić information content (AvgIpc) is 2.30. The van der Waals surface area contributed by atoms with E-state index in [9.17, 15) is 0 Å². The van der Waals surface area contributed by atoms with Gasteiger partial charge in [-0.15, -0.1) is 0 Å². The number of ether oxygens (including phenoxy) is 1. The highest BCUT2D eigenvalue weighted by molar-refractivity contribution is 4.86. The molecule has 2 aliphatic rings. The molecule has 17 heavy (non-hydrogen) atoms.